The molecule has 12 heteroatoms. The maximum absolute atomic E-state index is 13.1. The molecule has 0 spiro atoms. The monoisotopic (exact) mass is 562 g/mol. The zero-order valence-electron chi connectivity index (χ0n) is 22.9. The van der Waals surface area contributed by atoms with Crippen LogP contribution in [0.1, 0.15) is 22.5 Å². The molecular weight excluding hydrogens is 533 g/mol. The molecule has 0 amide bonds. The Morgan fingerprint density at radius 2 is 1.66 bits per heavy atom. The number of aromatic nitrogens is 6. The number of morpholine rings is 1. The van der Waals surface area contributed by atoms with E-state index in [1.807, 2.05) is 37.6 Å². The number of hydrogen-bond donors (Lipinski definition) is 1. The molecule has 0 aliphatic carbocycles. The van der Waals surface area contributed by atoms with E-state index in [4.69, 9.17) is 14.7 Å². The first kappa shape index (κ1) is 26.8. The van der Waals surface area contributed by atoms with E-state index >= 15 is 0 Å². The van der Waals surface area contributed by atoms with E-state index in [1.54, 1.807) is 11.0 Å². The molecule has 1 N–H and O–H groups in total. The van der Waals surface area contributed by atoms with Gasteiger partial charge in [0.2, 0.25) is 0 Å². The van der Waals surface area contributed by atoms with Gasteiger partial charge in [0, 0.05) is 37.2 Å². The van der Waals surface area contributed by atoms with Gasteiger partial charge < -0.3 is 19.5 Å². The number of imidazole rings is 1. The summed E-state index contributed by atoms with van der Waals surface area (Å²) >= 11 is 0. The van der Waals surface area contributed by atoms with Gasteiger partial charge in [-0.25, -0.2) is 15.0 Å². The third kappa shape index (κ3) is 5.34. The summed E-state index contributed by atoms with van der Waals surface area (Å²) in [5.41, 5.74) is 5.61. The van der Waals surface area contributed by atoms with Crippen molar-refractivity contribution in [2.24, 2.45) is 7.05 Å². The average Bonchev–Trinajstić information content (AvgIpc) is 3.48. The molecule has 0 unspecified atom stereocenters. The lowest BCUT2D eigenvalue weighted by Crippen LogP contribution is -2.36. The number of hydrogen-bond acceptors (Lipinski definition) is 7. The van der Waals surface area contributed by atoms with Crippen LogP contribution in [0.5, 0.6) is 0 Å². The lowest BCUT2D eigenvalue weighted by Gasteiger charge is -2.28. The van der Waals surface area contributed by atoms with Gasteiger partial charge in [-0.2, -0.15) is 18.3 Å². The molecule has 0 saturated carbocycles. The smallest absolute Gasteiger partial charge is 0.378 e. The van der Waals surface area contributed by atoms with Crippen molar-refractivity contribution in [1.82, 2.24) is 29.3 Å². The molecule has 0 radical (unpaired) electrons. The van der Waals surface area contributed by atoms with Crippen LogP contribution < -0.4 is 10.2 Å². The van der Waals surface area contributed by atoms with Crippen LogP contribution in [0.2, 0.25) is 0 Å². The number of ether oxygens (including phenoxy) is 1. The van der Waals surface area contributed by atoms with Crippen LogP contribution in [0.15, 0.2) is 54.9 Å². The summed E-state index contributed by atoms with van der Waals surface area (Å²) < 4.78 is 48.3. The van der Waals surface area contributed by atoms with Gasteiger partial charge in [-0.15, -0.1) is 0 Å². The quantitative estimate of drug-likeness (QED) is 0.293. The molecule has 4 heterocycles. The van der Waals surface area contributed by atoms with Gasteiger partial charge in [0.25, 0.3) is 0 Å². The standard InChI is InChI=1S/C29H29F3N8O/c1-18-24(19(2)38(3)37-18)26-35-27(34-22-8-10-23(11-9-22)39-12-14-41-15-13-39)25-28(36-26)40(17-33-25)16-20-4-6-21(7-5-20)29(30,31)32/h4-11,17H,12-16H2,1-3H3,(H,34,35,36). The Balaban J connectivity index is 1.38. The molecule has 212 valence electrons. The molecule has 5 aromatic rings. The molecule has 2 aromatic carbocycles. The Kier molecular flexibility index (Phi) is 6.86. The van der Waals surface area contributed by atoms with Gasteiger partial charge in [0.05, 0.1) is 42.9 Å². The summed E-state index contributed by atoms with van der Waals surface area (Å²) in [5.74, 6) is 1.01. The number of aryl methyl sites for hydroxylation is 2. The first-order valence-corrected chi connectivity index (χ1v) is 13.3. The van der Waals surface area contributed by atoms with Crippen LogP contribution in [-0.2, 0) is 24.5 Å². The van der Waals surface area contributed by atoms with Gasteiger partial charge in [0.1, 0.15) is 0 Å². The largest absolute Gasteiger partial charge is 0.416 e. The molecule has 9 nitrogen and oxygen atoms in total. The third-order valence-corrected chi connectivity index (χ3v) is 7.34. The number of anilines is 3. The van der Waals surface area contributed by atoms with Crippen molar-refractivity contribution in [1.29, 1.82) is 0 Å². The fourth-order valence-corrected chi connectivity index (χ4v) is 5.07. The van der Waals surface area contributed by atoms with Gasteiger partial charge in [-0.1, -0.05) is 12.1 Å². The molecule has 3 aromatic heterocycles. The van der Waals surface area contributed by atoms with E-state index in [9.17, 15) is 13.2 Å². The van der Waals surface area contributed by atoms with Crippen molar-refractivity contribution < 1.29 is 17.9 Å². The van der Waals surface area contributed by atoms with Crippen molar-refractivity contribution >= 4 is 28.4 Å². The Morgan fingerprint density at radius 3 is 2.29 bits per heavy atom. The second-order valence-corrected chi connectivity index (χ2v) is 10.1. The second-order valence-electron chi connectivity index (χ2n) is 10.1. The maximum Gasteiger partial charge on any atom is 0.416 e. The summed E-state index contributed by atoms with van der Waals surface area (Å²) in [6, 6.07) is 13.2. The van der Waals surface area contributed by atoms with Crippen molar-refractivity contribution in [3.05, 3.63) is 77.4 Å². The molecule has 0 atom stereocenters. The van der Waals surface area contributed by atoms with Crippen LogP contribution in [-0.4, -0.2) is 55.6 Å². The fourth-order valence-electron chi connectivity index (χ4n) is 5.07. The molecule has 41 heavy (non-hydrogen) atoms. The number of halogens is 3. The normalized spacial score (nSPS) is 14.1. The highest BCUT2D eigenvalue weighted by molar-refractivity contribution is 5.87. The van der Waals surface area contributed by atoms with Crippen LogP contribution in [0.3, 0.4) is 0 Å². The van der Waals surface area contributed by atoms with Crippen molar-refractivity contribution in [2.45, 2.75) is 26.6 Å². The minimum atomic E-state index is -4.39. The van der Waals surface area contributed by atoms with Crippen molar-refractivity contribution in [3.63, 3.8) is 0 Å². The highest BCUT2D eigenvalue weighted by atomic mass is 19.4. The topological polar surface area (TPSA) is 85.9 Å². The molecule has 1 fully saturated rings. The van der Waals surface area contributed by atoms with Crippen LogP contribution in [0, 0.1) is 13.8 Å². The SMILES string of the molecule is Cc1nn(C)c(C)c1-c1nc(Nc2ccc(N3CCOCC3)cc2)c2ncn(Cc3ccc(C(F)(F)F)cc3)c2n1. The molecule has 1 saturated heterocycles. The highest BCUT2D eigenvalue weighted by Gasteiger charge is 2.30. The Morgan fingerprint density at radius 1 is 0.951 bits per heavy atom. The number of fused-ring (bicyclic) bond motifs is 1. The van der Waals surface area contributed by atoms with E-state index in [-0.39, 0.29) is 0 Å². The van der Waals surface area contributed by atoms with E-state index < -0.39 is 11.7 Å². The zero-order valence-corrected chi connectivity index (χ0v) is 22.9. The summed E-state index contributed by atoms with van der Waals surface area (Å²) in [4.78, 5) is 16.6. The number of alkyl halides is 3. The van der Waals surface area contributed by atoms with E-state index in [0.717, 1.165) is 53.5 Å². The predicted molar refractivity (Wildman–Crippen MR) is 150 cm³/mol. The minimum absolute atomic E-state index is 0.295. The summed E-state index contributed by atoms with van der Waals surface area (Å²) in [6.07, 6.45) is -2.75. The van der Waals surface area contributed by atoms with Gasteiger partial charge in [-0.05, 0) is 55.8 Å². The Bertz CT molecular complexity index is 1680. The summed E-state index contributed by atoms with van der Waals surface area (Å²) in [6.45, 7) is 7.29. The van der Waals surface area contributed by atoms with Crippen LogP contribution >= 0.6 is 0 Å². The third-order valence-electron chi connectivity index (χ3n) is 7.34. The van der Waals surface area contributed by atoms with E-state index in [0.29, 0.717) is 48.1 Å². The average molecular weight is 563 g/mol. The van der Waals surface area contributed by atoms with Crippen LogP contribution in [0.4, 0.5) is 30.4 Å². The summed E-state index contributed by atoms with van der Waals surface area (Å²) in [5, 5.41) is 7.94. The predicted octanol–water partition coefficient (Wildman–Crippen LogP) is 5.49. The lowest BCUT2D eigenvalue weighted by molar-refractivity contribution is -0.137. The molecule has 0 bridgehead atoms. The fraction of sp³-hybridized carbons (Fsp3) is 0.310. The molecule has 1 aliphatic heterocycles. The second kappa shape index (κ2) is 10.5. The first-order valence-electron chi connectivity index (χ1n) is 13.3. The van der Waals surface area contributed by atoms with E-state index in [1.165, 1.54) is 12.1 Å². The number of benzene rings is 2. The Hall–Kier alpha value is -4.45. The van der Waals surface area contributed by atoms with Crippen LogP contribution in [0.25, 0.3) is 22.6 Å². The number of nitrogens with zero attached hydrogens (tertiary/aromatic N) is 7. The Labute approximate surface area is 234 Å². The summed E-state index contributed by atoms with van der Waals surface area (Å²) in [7, 11) is 1.87. The molecule has 6 rings (SSSR count). The van der Waals surface area contributed by atoms with Gasteiger partial charge >= 0.3 is 6.18 Å². The first-order chi connectivity index (χ1) is 19.7. The number of nitrogens with one attached hydrogen (secondary N) is 1. The molecule has 1 aliphatic rings. The van der Waals surface area contributed by atoms with Crippen molar-refractivity contribution in [2.75, 3.05) is 36.5 Å². The maximum atomic E-state index is 13.1. The van der Waals surface area contributed by atoms with Gasteiger partial charge in [0.15, 0.2) is 22.8 Å². The lowest BCUT2D eigenvalue weighted by atomic mass is 10.1. The van der Waals surface area contributed by atoms with Gasteiger partial charge in [-0.3, -0.25) is 4.68 Å². The van der Waals surface area contributed by atoms with Crippen molar-refractivity contribution in [3.8, 4) is 11.4 Å². The van der Waals surface area contributed by atoms with E-state index in [2.05, 4.69) is 32.4 Å². The molecular formula is C29H29F3N8O. The zero-order chi connectivity index (χ0) is 28.7. The number of rotatable bonds is 6. The minimum Gasteiger partial charge on any atom is -0.378 e. The highest BCUT2D eigenvalue weighted by Crippen LogP contribution is 2.32.